The third kappa shape index (κ3) is 1.85. The molecule has 0 aliphatic carbocycles. The molecule has 48 valence electrons. The van der Waals surface area contributed by atoms with Crippen molar-refractivity contribution < 1.29 is 0 Å². The van der Waals surface area contributed by atoms with Crippen molar-refractivity contribution in [1.82, 2.24) is 0 Å². The molecule has 0 aliphatic heterocycles. The van der Waals surface area contributed by atoms with Crippen LogP contribution in [0.3, 0.4) is 0 Å². The zero-order valence-corrected chi connectivity index (χ0v) is 7.46. The number of hydrogen-bond donors (Lipinski definition) is 0. The van der Waals surface area contributed by atoms with Crippen LogP contribution < -0.4 is 0 Å². The fourth-order valence-corrected chi connectivity index (χ4v) is 1.27. The molecule has 0 bridgehead atoms. The summed E-state index contributed by atoms with van der Waals surface area (Å²) in [5, 5.41) is 1.37. The van der Waals surface area contributed by atoms with E-state index in [4.69, 9.17) is 23.2 Å². The van der Waals surface area contributed by atoms with Gasteiger partial charge in [0, 0.05) is 9.50 Å². The van der Waals surface area contributed by atoms with Crippen LogP contribution in [-0.4, -0.2) is 0 Å². The molecule has 0 nitrogen and oxygen atoms in total. The summed E-state index contributed by atoms with van der Waals surface area (Å²) in [6.45, 7) is 0. The first-order valence-corrected chi connectivity index (χ1v) is 3.85. The van der Waals surface area contributed by atoms with Crippen LogP contribution in [0, 0.1) is 0 Å². The molecule has 1 aromatic rings. The monoisotopic (exact) mass is 224 g/mol. The maximum Gasteiger partial charge on any atom is 0.0549 e. The molecule has 0 aliphatic rings. The standard InChI is InChI=1S/C6H3BrCl2/c7-5-3-4(8)1-2-6(5)9/h1-3H. The molecule has 0 atom stereocenters. The average molecular weight is 226 g/mol. The van der Waals surface area contributed by atoms with Crippen LogP contribution in [0.1, 0.15) is 0 Å². The van der Waals surface area contributed by atoms with Crippen molar-refractivity contribution in [2.45, 2.75) is 0 Å². The van der Waals surface area contributed by atoms with Gasteiger partial charge >= 0.3 is 0 Å². The Labute approximate surface area is 71.9 Å². The molecule has 0 spiro atoms. The fraction of sp³-hybridized carbons (Fsp3) is 0. The summed E-state index contributed by atoms with van der Waals surface area (Å²) in [5.74, 6) is 0. The Kier molecular flexibility index (Phi) is 2.39. The van der Waals surface area contributed by atoms with Gasteiger partial charge < -0.3 is 0 Å². The van der Waals surface area contributed by atoms with E-state index in [0.29, 0.717) is 10.0 Å². The predicted molar refractivity (Wildman–Crippen MR) is 44.2 cm³/mol. The summed E-state index contributed by atoms with van der Waals surface area (Å²) in [6.07, 6.45) is 0. The SMILES string of the molecule is Clc1ccc(Cl)c(Br)c1. The van der Waals surface area contributed by atoms with Gasteiger partial charge in [0.15, 0.2) is 0 Å². The lowest BCUT2D eigenvalue weighted by atomic mass is 10.4. The molecule has 0 fully saturated rings. The van der Waals surface area contributed by atoms with Gasteiger partial charge in [-0.05, 0) is 34.1 Å². The number of halogens is 3. The second-order valence-electron chi connectivity index (χ2n) is 1.56. The van der Waals surface area contributed by atoms with Crippen LogP contribution in [0.4, 0.5) is 0 Å². The van der Waals surface area contributed by atoms with Gasteiger partial charge in [-0.15, -0.1) is 0 Å². The van der Waals surface area contributed by atoms with Crippen molar-refractivity contribution >= 4 is 39.1 Å². The largest absolute Gasteiger partial charge is 0.0843 e. The summed E-state index contributed by atoms with van der Waals surface area (Å²) < 4.78 is 0.830. The van der Waals surface area contributed by atoms with Gasteiger partial charge in [0.1, 0.15) is 0 Å². The van der Waals surface area contributed by atoms with Gasteiger partial charge in [-0.2, -0.15) is 0 Å². The first kappa shape index (κ1) is 7.39. The van der Waals surface area contributed by atoms with E-state index in [0.717, 1.165) is 4.47 Å². The Bertz CT molecular complexity index is 222. The van der Waals surface area contributed by atoms with Crippen molar-refractivity contribution in [2.75, 3.05) is 0 Å². The molecule has 0 heterocycles. The minimum atomic E-state index is 0.680. The fourth-order valence-electron chi connectivity index (χ4n) is 0.470. The number of hydrogen-bond acceptors (Lipinski definition) is 0. The predicted octanol–water partition coefficient (Wildman–Crippen LogP) is 3.76. The Morgan fingerprint density at radius 2 is 1.89 bits per heavy atom. The van der Waals surface area contributed by atoms with Crippen molar-refractivity contribution in [3.8, 4) is 0 Å². The van der Waals surface area contributed by atoms with Crippen LogP contribution in [0.2, 0.25) is 10.0 Å². The highest BCUT2D eigenvalue weighted by Crippen LogP contribution is 2.24. The van der Waals surface area contributed by atoms with E-state index in [1.807, 2.05) is 0 Å². The summed E-state index contributed by atoms with van der Waals surface area (Å²) in [4.78, 5) is 0. The van der Waals surface area contributed by atoms with Crippen LogP contribution >= 0.6 is 39.1 Å². The molecule has 0 saturated heterocycles. The Morgan fingerprint density at radius 3 is 2.33 bits per heavy atom. The van der Waals surface area contributed by atoms with Gasteiger partial charge in [0.05, 0.1) is 5.02 Å². The quantitative estimate of drug-likeness (QED) is 0.590. The zero-order valence-electron chi connectivity index (χ0n) is 4.37. The van der Waals surface area contributed by atoms with Crippen molar-refractivity contribution in [3.63, 3.8) is 0 Å². The highest BCUT2D eigenvalue weighted by molar-refractivity contribution is 9.10. The van der Waals surface area contributed by atoms with Crippen molar-refractivity contribution in [1.29, 1.82) is 0 Å². The number of rotatable bonds is 0. The first-order valence-electron chi connectivity index (χ1n) is 2.30. The van der Waals surface area contributed by atoms with Crippen LogP contribution in [-0.2, 0) is 0 Å². The highest BCUT2D eigenvalue weighted by Gasteiger charge is 1.94. The van der Waals surface area contributed by atoms with Crippen LogP contribution in [0.15, 0.2) is 22.7 Å². The van der Waals surface area contributed by atoms with Crippen molar-refractivity contribution in [2.24, 2.45) is 0 Å². The number of benzene rings is 1. The van der Waals surface area contributed by atoms with Gasteiger partial charge in [-0.25, -0.2) is 0 Å². The Balaban J connectivity index is 3.17. The highest BCUT2D eigenvalue weighted by atomic mass is 79.9. The zero-order chi connectivity index (χ0) is 6.85. The van der Waals surface area contributed by atoms with E-state index >= 15 is 0 Å². The molecule has 0 N–H and O–H groups in total. The minimum absolute atomic E-state index is 0.680. The first-order chi connectivity index (χ1) is 4.20. The maximum absolute atomic E-state index is 5.68. The van der Waals surface area contributed by atoms with E-state index < -0.39 is 0 Å². The lowest BCUT2D eigenvalue weighted by molar-refractivity contribution is 1.65. The third-order valence-electron chi connectivity index (χ3n) is 0.882. The summed E-state index contributed by atoms with van der Waals surface area (Å²) in [5.41, 5.74) is 0. The normalized spacial score (nSPS) is 9.67. The molecule has 0 aromatic heterocycles. The molecule has 0 radical (unpaired) electrons. The Hall–Kier alpha value is 0.280. The molecular formula is C6H3BrCl2. The lowest BCUT2D eigenvalue weighted by Gasteiger charge is -1.93. The van der Waals surface area contributed by atoms with E-state index in [2.05, 4.69) is 15.9 Å². The average Bonchev–Trinajstić information content (AvgIpc) is 1.80. The second-order valence-corrected chi connectivity index (χ2v) is 3.26. The van der Waals surface area contributed by atoms with Gasteiger partial charge in [-0.3, -0.25) is 0 Å². The van der Waals surface area contributed by atoms with E-state index in [1.165, 1.54) is 0 Å². The van der Waals surface area contributed by atoms with E-state index in [1.54, 1.807) is 18.2 Å². The molecule has 9 heavy (non-hydrogen) atoms. The summed E-state index contributed by atoms with van der Waals surface area (Å²) in [6, 6.07) is 5.24. The summed E-state index contributed by atoms with van der Waals surface area (Å²) in [7, 11) is 0. The van der Waals surface area contributed by atoms with E-state index in [9.17, 15) is 0 Å². The molecular weight excluding hydrogens is 223 g/mol. The lowest BCUT2D eigenvalue weighted by Crippen LogP contribution is -1.66. The van der Waals surface area contributed by atoms with Gasteiger partial charge in [0.25, 0.3) is 0 Å². The van der Waals surface area contributed by atoms with Gasteiger partial charge in [-0.1, -0.05) is 23.2 Å². The van der Waals surface area contributed by atoms with E-state index in [-0.39, 0.29) is 0 Å². The maximum atomic E-state index is 5.68. The summed E-state index contributed by atoms with van der Waals surface area (Å²) >= 11 is 14.5. The van der Waals surface area contributed by atoms with Crippen molar-refractivity contribution in [3.05, 3.63) is 32.7 Å². The molecule has 3 heteroatoms. The minimum Gasteiger partial charge on any atom is -0.0843 e. The van der Waals surface area contributed by atoms with Crippen LogP contribution in [0.5, 0.6) is 0 Å². The second kappa shape index (κ2) is 2.91. The van der Waals surface area contributed by atoms with Gasteiger partial charge in [0.2, 0.25) is 0 Å². The topological polar surface area (TPSA) is 0 Å². The molecule has 1 rings (SSSR count). The third-order valence-corrected chi connectivity index (χ3v) is 2.33. The molecule has 0 unspecified atom stereocenters. The molecule has 0 saturated carbocycles. The molecule has 1 aromatic carbocycles. The molecule has 0 amide bonds. The smallest absolute Gasteiger partial charge is 0.0549 e. The Morgan fingerprint density at radius 1 is 1.22 bits per heavy atom. The van der Waals surface area contributed by atoms with Crippen LogP contribution in [0.25, 0.3) is 0 Å².